The van der Waals surface area contributed by atoms with Crippen molar-refractivity contribution in [1.82, 2.24) is 4.31 Å². The number of β-amino-alcohol motifs (C(OH)–C–C–N with tert-alkyl or cyclic N) is 1. The molecule has 7 nitrogen and oxygen atoms in total. The highest BCUT2D eigenvalue weighted by atomic mass is 32.2. The fourth-order valence-corrected chi connectivity index (χ4v) is 4.99. The van der Waals surface area contributed by atoms with Gasteiger partial charge in [0.2, 0.25) is 0 Å². The van der Waals surface area contributed by atoms with Crippen molar-refractivity contribution in [2.45, 2.75) is 16.7 Å². The van der Waals surface area contributed by atoms with Gasteiger partial charge >= 0.3 is 5.97 Å². The summed E-state index contributed by atoms with van der Waals surface area (Å²) < 4.78 is 30.7. The lowest BCUT2D eigenvalue weighted by Gasteiger charge is -2.33. The van der Waals surface area contributed by atoms with Crippen LogP contribution in [0, 0.1) is 17.2 Å². The molecule has 1 fully saturated rings. The van der Waals surface area contributed by atoms with Crippen LogP contribution in [0.4, 0.5) is 0 Å². The van der Waals surface area contributed by atoms with Gasteiger partial charge in [-0.2, -0.15) is 9.57 Å². The Morgan fingerprint density at radius 2 is 2.24 bits per heavy atom. The van der Waals surface area contributed by atoms with Crippen LogP contribution in [0.2, 0.25) is 0 Å². The van der Waals surface area contributed by atoms with Crippen molar-refractivity contribution in [3.63, 3.8) is 0 Å². The number of methoxy groups -OCH3 is 1. The zero-order valence-electron chi connectivity index (χ0n) is 11.2. The van der Waals surface area contributed by atoms with E-state index < -0.39 is 28.0 Å². The minimum Gasteiger partial charge on any atom is -0.469 e. The Hall–Kier alpha value is -1.47. The van der Waals surface area contributed by atoms with Crippen LogP contribution in [0.5, 0.6) is 0 Å². The number of hydrogen-bond donors (Lipinski definition) is 1. The standard InChI is InChI=1S/C12H14N2O5S2/c1-19-12(16)8-4-9(15)7-14(6-8)21(17,18)11-3-2-10(5-13)20-11/h2-3,8-9,15H,4,6-7H2,1H3. The van der Waals surface area contributed by atoms with Crippen LogP contribution in [-0.2, 0) is 19.6 Å². The van der Waals surface area contributed by atoms with Crippen LogP contribution < -0.4 is 0 Å². The Balaban J connectivity index is 2.26. The molecule has 21 heavy (non-hydrogen) atoms. The molecule has 1 N–H and O–H groups in total. The third kappa shape index (κ3) is 3.24. The van der Waals surface area contributed by atoms with Gasteiger partial charge in [0.05, 0.1) is 19.1 Å². The molecular formula is C12H14N2O5S2. The number of carbonyl (C=O) groups excluding carboxylic acids is 1. The number of hydrogen-bond acceptors (Lipinski definition) is 7. The summed E-state index contributed by atoms with van der Waals surface area (Å²) in [5.74, 6) is -1.23. The number of aliphatic hydroxyl groups excluding tert-OH is 1. The quantitative estimate of drug-likeness (QED) is 0.791. The summed E-state index contributed by atoms with van der Waals surface area (Å²) in [7, 11) is -2.60. The van der Waals surface area contributed by atoms with E-state index in [4.69, 9.17) is 5.26 Å². The first-order valence-electron chi connectivity index (χ1n) is 6.14. The summed E-state index contributed by atoms with van der Waals surface area (Å²) in [5, 5.41) is 18.6. The number of piperidine rings is 1. The summed E-state index contributed by atoms with van der Waals surface area (Å²) in [5.41, 5.74) is 0. The van der Waals surface area contributed by atoms with Crippen molar-refractivity contribution in [3.8, 4) is 6.07 Å². The highest BCUT2D eigenvalue weighted by Gasteiger charge is 2.38. The monoisotopic (exact) mass is 330 g/mol. The Kier molecular flexibility index (Phi) is 4.63. The smallest absolute Gasteiger partial charge is 0.310 e. The maximum absolute atomic E-state index is 12.5. The van der Waals surface area contributed by atoms with E-state index in [1.807, 2.05) is 6.07 Å². The van der Waals surface area contributed by atoms with E-state index in [0.29, 0.717) is 0 Å². The maximum Gasteiger partial charge on any atom is 0.310 e. The summed E-state index contributed by atoms with van der Waals surface area (Å²) in [4.78, 5) is 11.9. The zero-order valence-corrected chi connectivity index (χ0v) is 12.9. The molecule has 9 heteroatoms. The lowest BCUT2D eigenvalue weighted by molar-refractivity contribution is -0.148. The summed E-state index contributed by atoms with van der Waals surface area (Å²) in [6.45, 7) is -0.110. The first-order valence-corrected chi connectivity index (χ1v) is 8.40. The van der Waals surface area contributed by atoms with E-state index in [2.05, 4.69) is 4.74 Å². The maximum atomic E-state index is 12.5. The van der Waals surface area contributed by atoms with Gasteiger partial charge in [0.25, 0.3) is 10.0 Å². The van der Waals surface area contributed by atoms with Crippen molar-refractivity contribution in [1.29, 1.82) is 5.26 Å². The molecule has 2 rings (SSSR count). The molecule has 0 spiro atoms. The predicted octanol–water partition coefficient (Wildman–Crippen LogP) is 0.164. The fourth-order valence-electron chi connectivity index (χ4n) is 2.21. The van der Waals surface area contributed by atoms with Crippen LogP contribution in [0.3, 0.4) is 0 Å². The van der Waals surface area contributed by atoms with E-state index in [0.717, 1.165) is 15.6 Å². The minimum atomic E-state index is -3.83. The van der Waals surface area contributed by atoms with E-state index in [9.17, 15) is 18.3 Å². The second-order valence-corrected chi connectivity index (χ2v) is 7.91. The van der Waals surface area contributed by atoms with Crippen molar-refractivity contribution in [2.75, 3.05) is 20.2 Å². The number of nitriles is 1. The van der Waals surface area contributed by atoms with Crippen LogP contribution in [-0.4, -0.2) is 50.1 Å². The van der Waals surface area contributed by atoms with E-state index >= 15 is 0 Å². The van der Waals surface area contributed by atoms with E-state index in [1.165, 1.54) is 19.2 Å². The second-order valence-electron chi connectivity index (χ2n) is 4.66. The van der Waals surface area contributed by atoms with Crippen molar-refractivity contribution in [2.24, 2.45) is 5.92 Å². The van der Waals surface area contributed by atoms with Gasteiger partial charge in [-0.05, 0) is 18.6 Å². The minimum absolute atomic E-state index is 0.0248. The topological polar surface area (TPSA) is 108 Å². The Morgan fingerprint density at radius 3 is 2.81 bits per heavy atom. The van der Waals surface area contributed by atoms with Crippen molar-refractivity contribution < 1.29 is 23.1 Å². The lowest BCUT2D eigenvalue weighted by atomic mass is 9.98. The molecule has 1 saturated heterocycles. The van der Waals surface area contributed by atoms with Gasteiger partial charge in [0.1, 0.15) is 15.2 Å². The van der Waals surface area contributed by atoms with Crippen molar-refractivity contribution in [3.05, 3.63) is 17.0 Å². The molecule has 114 valence electrons. The number of thiophene rings is 1. The first kappa shape index (κ1) is 15.9. The molecule has 0 radical (unpaired) electrons. The molecule has 0 aliphatic carbocycles. The summed E-state index contributed by atoms with van der Waals surface area (Å²) in [6.07, 6.45) is -0.750. The molecular weight excluding hydrogens is 316 g/mol. The number of rotatable bonds is 3. The highest BCUT2D eigenvalue weighted by Crippen LogP contribution is 2.28. The average molecular weight is 330 g/mol. The number of aliphatic hydroxyl groups is 1. The van der Waals surface area contributed by atoms with Gasteiger partial charge in [-0.25, -0.2) is 8.42 Å². The molecule has 0 aromatic carbocycles. The van der Waals surface area contributed by atoms with Gasteiger partial charge in [0, 0.05) is 13.1 Å². The molecule has 2 unspecified atom stereocenters. The van der Waals surface area contributed by atoms with Gasteiger partial charge < -0.3 is 9.84 Å². The third-order valence-electron chi connectivity index (χ3n) is 3.22. The molecule has 1 aromatic rings. The lowest BCUT2D eigenvalue weighted by Crippen LogP contribution is -2.48. The Bertz CT molecular complexity index is 676. The second kappa shape index (κ2) is 6.11. The normalized spacial score (nSPS) is 23.5. The Labute approximate surface area is 126 Å². The number of ether oxygens (including phenoxy) is 1. The van der Waals surface area contributed by atoms with Crippen LogP contribution in [0.15, 0.2) is 16.3 Å². The first-order chi connectivity index (χ1) is 9.88. The number of sulfonamides is 1. The Morgan fingerprint density at radius 1 is 1.52 bits per heavy atom. The largest absolute Gasteiger partial charge is 0.469 e. The fraction of sp³-hybridized carbons (Fsp3) is 0.500. The van der Waals surface area contributed by atoms with E-state index in [-0.39, 0.29) is 28.6 Å². The van der Waals surface area contributed by atoms with Gasteiger partial charge in [0.15, 0.2) is 0 Å². The summed E-state index contributed by atoms with van der Waals surface area (Å²) in [6, 6.07) is 4.66. The molecule has 1 aliphatic heterocycles. The molecule has 2 heterocycles. The zero-order chi connectivity index (χ0) is 15.6. The van der Waals surface area contributed by atoms with Gasteiger partial charge in [-0.1, -0.05) is 0 Å². The number of esters is 1. The molecule has 1 aromatic heterocycles. The molecule has 0 saturated carbocycles. The summed E-state index contributed by atoms with van der Waals surface area (Å²) >= 11 is 0.862. The van der Waals surface area contributed by atoms with Crippen LogP contribution >= 0.6 is 11.3 Å². The van der Waals surface area contributed by atoms with Gasteiger partial charge in [-0.3, -0.25) is 4.79 Å². The van der Waals surface area contributed by atoms with Crippen LogP contribution in [0.1, 0.15) is 11.3 Å². The van der Waals surface area contributed by atoms with Gasteiger partial charge in [-0.15, -0.1) is 11.3 Å². The predicted molar refractivity (Wildman–Crippen MR) is 73.9 cm³/mol. The molecule has 2 atom stereocenters. The SMILES string of the molecule is COC(=O)C1CC(O)CN(S(=O)(=O)c2ccc(C#N)s2)C1. The molecule has 0 bridgehead atoms. The number of nitrogens with zero attached hydrogens (tertiary/aromatic N) is 2. The molecule has 0 amide bonds. The molecule has 1 aliphatic rings. The highest BCUT2D eigenvalue weighted by molar-refractivity contribution is 7.91. The van der Waals surface area contributed by atoms with E-state index in [1.54, 1.807) is 0 Å². The third-order valence-corrected chi connectivity index (χ3v) is 6.50. The van der Waals surface area contributed by atoms with Crippen molar-refractivity contribution >= 4 is 27.3 Å². The number of carbonyl (C=O) groups is 1. The average Bonchev–Trinajstić information content (AvgIpc) is 2.95. The van der Waals surface area contributed by atoms with Crippen LogP contribution in [0.25, 0.3) is 0 Å².